The minimum absolute atomic E-state index is 0.0517. The minimum Gasteiger partial charge on any atom is -0.309 e. The van der Waals surface area contributed by atoms with Crippen LogP contribution in [0, 0.1) is 0 Å². The van der Waals surface area contributed by atoms with Crippen molar-refractivity contribution < 1.29 is 0 Å². The molecule has 4 nitrogen and oxygen atoms in total. The van der Waals surface area contributed by atoms with Crippen molar-refractivity contribution in [2.45, 2.75) is 19.3 Å². The maximum Gasteiger partial charge on any atom is 0.164 e. The van der Waals surface area contributed by atoms with E-state index in [-0.39, 0.29) is 5.41 Å². The second-order valence-electron chi connectivity index (χ2n) is 15.7. The summed E-state index contributed by atoms with van der Waals surface area (Å²) in [6.07, 6.45) is 0. The van der Waals surface area contributed by atoms with E-state index < -0.39 is 0 Å². The van der Waals surface area contributed by atoms with Crippen LogP contribution < -0.4 is 0 Å². The van der Waals surface area contributed by atoms with Gasteiger partial charge < -0.3 is 4.57 Å². The van der Waals surface area contributed by atoms with Crippen molar-refractivity contribution in [3.63, 3.8) is 0 Å². The molecule has 8 aromatic carbocycles. The Labute approximate surface area is 337 Å². The fourth-order valence-corrected chi connectivity index (χ4v) is 8.90. The third-order valence-corrected chi connectivity index (χ3v) is 11.8. The Morgan fingerprint density at radius 1 is 0.345 bits per heavy atom. The van der Waals surface area contributed by atoms with Crippen LogP contribution in [0.1, 0.15) is 25.0 Å². The zero-order chi connectivity index (χ0) is 38.8. The van der Waals surface area contributed by atoms with E-state index >= 15 is 0 Å². The van der Waals surface area contributed by atoms with Crippen LogP contribution in [0.3, 0.4) is 0 Å². The third-order valence-electron chi connectivity index (χ3n) is 11.8. The summed E-state index contributed by atoms with van der Waals surface area (Å²) >= 11 is 0. The van der Waals surface area contributed by atoms with Crippen LogP contribution in [0.2, 0.25) is 0 Å². The van der Waals surface area contributed by atoms with E-state index in [1.807, 2.05) is 60.7 Å². The maximum absolute atomic E-state index is 5.07. The van der Waals surface area contributed by atoms with Gasteiger partial charge in [0.1, 0.15) is 0 Å². The number of para-hydroxylation sites is 1. The molecule has 2 heterocycles. The number of benzene rings is 8. The van der Waals surface area contributed by atoms with Crippen molar-refractivity contribution in [3.05, 3.63) is 205 Å². The van der Waals surface area contributed by atoms with Crippen molar-refractivity contribution in [2.75, 3.05) is 0 Å². The van der Waals surface area contributed by atoms with Gasteiger partial charge in [-0.3, -0.25) is 0 Å². The normalized spacial score (nSPS) is 12.8. The van der Waals surface area contributed by atoms with E-state index in [2.05, 4.69) is 152 Å². The van der Waals surface area contributed by atoms with Crippen molar-refractivity contribution in [2.24, 2.45) is 0 Å². The van der Waals surface area contributed by atoms with Crippen molar-refractivity contribution in [1.29, 1.82) is 0 Å². The minimum atomic E-state index is -0.0517. The van der Waals surface area contributed by atoms with Gasteiger partial charge in [-0.05, 0) is 99.1 Å². The van der Waals surface area contributed by atoms with Crippen molar-refractivity contribution in [1.82, 2.24) is 19.5 Å². The van der Waals surface area contributed by atoms with Gasteiger partial charge in [0.05, 0.1) is 11.0 Å². The molecule has 0 atom stereocenters. The van der Waals surface area contributed by atoms with Crippen LogP contribution in [-0.2, 0) is 5.41 Å². The second kappa shape index (κ2) is 13.4. The standard InChI is InChI=1S/C54H38N4/c1-54(2)47-24-13-12-23-43(47)44-28-25-40(34-48(44)54)38-20-14-19-37(31-38)39-26-29-49-45(32-39)46-33-41(27-30-50(46)58(49)42-21-10-5-11-22-42)53-56-51(35-15-6-3-7-16-35)55-52(57-53)36-17-8-4-9-18-36/h3-34H,1-2H3. The van der Waals surface area contributed by atoms with Crippen molar-refractivity contribution in [3.8, 4) is 73.2 Å². The Kier molecular flexibility index (Phi) is 7.80. The number of hydrogen-bond donors (Lipinski definition) is 0. The summed E-state index contributed by atoms with van der Waals surface area (Å²) in [7, 11) is 0. The summed E-state index contributed by atoms with van der Waals surface area (Å²) in [6, 6.07) is 69.2. The first-order valence-corrected chi connectivity index (χ1v) is 19.9. The molecule has 1 aliphatic rings. The molecule has 10 aromatic rings. The number of rotatable bonds is 6. The molecule has 1 aliphatic carbocycles. The first kappa shape index (κ1) is 33.9. The lowest BCUT2D eigenvalue weighted by Gasteiger charge is -2.22. The number of aromatic nitrogens is 4. The van der Waals surface area contributed by atoms with Gasteiger partial charge in [0.2, 0.25) is 0 Å². The highest BCUT2D eigenvalue weighted by Crippen LogP contribution is 2.49. The summed E-state index contributed by atoms with van der Waals surface area (Å²) in [4.78, 5) is 15.1. The predicted molar refractivity (Wildman–Crippen MR) is 239 cm³/mol. The van der Waals surface area contributed by atoms with Gasteiger partial charge in [0.15, 0.2) is 17.5 Å². The molecule has 58 heavy (non-hydrogen) atoms. The SMILES string of the molecule is CC1(C)c2ccccc2-c2ccc(-c3cccc(-c4ccc5c(c4)c4cc(-c6nc(-c7ccccc7)nc(-c7ccccc7)n6)ccc4n5-c4ccccc4)c3)cc21. The molecule has 0 radical (unpaired) electrons. The third kappa shape index (κ3) is 5.56. The van der Waals surface area contributed by atoms with E-state index in [0.717, 1.165) is 38.8 Å². The fraction of sp³-hybridized carbons (Fsp3) is 0.0556. The lowest BCUT2D eigenvalue weighted by molar-refractivity contribution is 0.660. The van der Waals surface area contributed by atoms with Gasteiger partial charge in [-0.1, -0.05) is 153 Å². The van der Waals surface area contributed by atoms with Gasteiger partial charge in [-0.2, -0.15) is 0 Å². The Bertz CT molecular complexity index is 3120. The quantitative estimate of drug-likeness (QED) is 0.170. The first-order chi connectivity index (χ1) is 28.5. The average molecular weight is 743 g/mol. The average Bonchev–Trinajstić information content (AvgIpc) is 3.74. The van der Waals surface area contributed by atoms with Crippen LogP contribution >= 0.6 is 0 Å². The molecule has 0 saturated heterocycles. The topological polar surface area (TPSA) is 43.6 Å². The summed E-state index contributed by atoms with van der Waals surface area (Å²) in [5, 5.41) is 2.30. The number of nitrogens with zero attached hydrogens (tertiary/aromatic N) is 4. The molecular weight excluding hydrogens is 705 g/mol. The van der Waals surface area contributed by atoms with Crippen LogP contribution in [0.4, 0.5) is 0 Å². The van der Waals surface area contributed by atoms with Gasteiger partial charge in [0.25, 0.3) is 0 Å². The van der Waals surface area contributed by atoms with Crippen LogP contribution in [0.15, 0.2) is 194 Å². The molecule has 0 fully saturated rings. The Morgan fingerprint density at radius 3 is 1.43 bits per heavy atom. The molecule has 4 heteroatoms. The van der Waals surface area contributed by atoms with E-state index in [1.54, 1.807) is 0 Å². The zero-order valence-electron chi connectivity index (χ0n) is 32.3. The molecule has 0 spiro atoms. The highest BCUT2D eigenvalue weighted by Gasteiger charge is 2.35. The Morgan fingerprint density at radius 2 is 0.793 bits per heavy atom. The van der Waals surface area contributed by atoms with Crippen LogP contribution in [-0.4, -0.2) is 19.5 Å². The van der Waals surface area contributed by atoms with E-state index in [9.17, 15) is 0 Å². The van der Waals surface area contributed by atoms with Gasteiger partial charge in [0, 0.05) is 38.6 Å². The van der Waals surface area contributed by atoms with E-state index in [0.29, 0.717) is 17.5 Å². The second-order valence-corrected chi connectivity index (χ2v) is 15.7. The Balaban J connectivity index is 1.06. The molecule has 0 unspecified atom stereocenters. The van der Waals surface area contributed by atoms with Gasteiger partial charge in [-0.15, -0.1) is 0 Å². The monoisotopic (exact) mass is 742 g/mol. The summed E-state index contributed by atoms with van der Waals surface area (Å²) in [5.41, 5.74) is 16.4. The lowest BCUT2D eigenvalue weighted by atomic mass is 9.81. The van der Waals surface area contributed by atoms with Crippen LogP contribution in [0.25, 0.3) is 95.0 Å². The molecule has 0 N–H and O–H groups in total. The van der Waals surface area contributed by atoms with Gasteiger partial charge >= 0.3 is 0 Å². The Hall–Kier alpha value is -7.43. The highest BCUT2D eigenvalue weighted by atomic mass is 15.0. The van der Waals surface area contributed by atoms with E-state index in [1.165, 1.54) is 49.9 Å². The maximum atomic E-state index is 5.07. The highest BCUT2D eigenvalue weighted by molar-refractivity contribution is 6.11. The molecule has 0 amide bonds. The molecule has 0 saturated carbocycles. The summed E-state index contributed by atoms with van der Waals surface area (Å²) in [5.74, 6) is 1.93. The number of fused-ring (bicyclic) bond motifs is 6. The first-order valence-electron chi connectivity index (χ1n) is 19.9. The summed E-state index contributed by atoms with van der Waals surface area (Å²) in [6.45, 7) is 4.69. The molecule has 2 aromatic heterocycles. The van der Waals surface area contributed by atoms with E-state index in [4.69, 9.17) is 15.0 Å². The fourth-order valence-electron chi connectivity index (χ4n) is 8.90. The largest absolute Gasteiger partial charge is 0.309 e. The predicted octanol–water partition coefficient (Wildman–Crippen LogP) is 13.6. The zero-order valence-corrected chi connectivity index (χ0v) is 32.3. The van der Waals surface area contributed by atoms with Gasteiger partial charge in [-0.25, -0.2) is 15.0 Å². The number of hydrogen-bond acceptors (Lipinski definition) is 3. The molecular formula is C54H38N4. The molecule has 0 bridgehead atoms. The summed E-state index contributed by atoms with van der Waals surface area (Å²) < 4.78 is 2.36. The molecule has 11 rings (SSSR count). The smallest absolute Gasteiger partial charge is 0.164 e. The molecule has 0 aliphatic heterocycles. The lowest BCUT2D eigenvalue weighted by Crippen LogP contribution is -2.14. The van der Waals surface area contributed by atoms with Crippen molar-refractivity contribution >= 4 is 21.8 Å². The molecule has 274 valence electrons. The van der Waals surface area contributed by atoms with Crippen LogP contribution in [0.5, 0.6) is 0 Å².